The van der Waals surface area contributed by atoms with E-state index in [0.29, 0.717) is 22.4 Å². The fourth-order valence-electron chi connectivity index (χ4n) is 3.16. The van der Waals surface area contributed by atoms with Crippen LogP contribution in [0.4, 0.5) is 0 Å². The summed E-state index contributed by atoms with van der Waals surface area (Å²) >= 11 is 1.30. The van der Waals surface area contributed by atoms with E-state index >= 15 is 0 Å². The fraction of sp³-hybridized carbons (Fsp3) is 0.611. The van der Waals surface area contributed by atoms with Gasteiger partial charge in [0, 0.05) is 24.4 Å². The minimum Gasteiger partial charge on any atom is -0.469 e. The first kappa shape index (κ1) is 19.5. The van der Waals surface area contributed by atoms with Gasteiger partial charge in [0.2, 0.25) is 11.7 Å². The molecule has 1 aliphatic rings. The summed E-state index contributed by atoms with van der Waals surface area (Å²) in [4.78, 5) is 35.1. The second-order valence-corrected chi connectivity index (χ2v) is 8.30. The summed E-state index contributed by atoms with van der Waals surface area (Å²) in [7, 11) is 1.35. The zero-order chi connectivity index (χ0) is 19.6. The van der Waals surface area contributed by atoms with E-state index in [4.69, 9.17) is 9.26 Å². The van der Waals surface area contributed by atoms with Gasteiger partial charge in [-0.15, -0.1) is 11.3 Å². The molecular formula is C18H24N4O4S. The van der Waals surface area contributed by atoms with E-state index in [0.717, 1.165) is 25.8 Å². The van der Waals surface area contributed by atoms with Gasteiger partial charge in [0.1, 0.15) is 5.69 Å². The van der Waals surface area contributed by atoms with Gasteiger partial charge in [-0.2, -0.15) is 4.98 Å². The summed E-state index contributed by atoms with van der Waals surface area (Å²) in [5.41, 5.74) is -0.363. The smallest absolute Gasteiger partial charge is 0.311 e. The second kappa shape index (κ2) is 7.75. The number of nitrogens with zero attached hydrogens (tertiary/aromatic N) is 4. The molecule has 9 heteroatoms. The van der Waals surface area contributed by atoms with Gasteiger partial charge in [-0.1, -0.05) is 5.16 Å². The molecule has 1 fully saturated rings. The molecule has 0 spiro atoms. The van der Waals surface area contributed by atoms with Crippen molar-refractivity contribution in [1.29, 1.82) is 0 Å². The predicted octanol–water partition coefficient (Wildman–Crippen LogP) is 2.95. The van der Waals surface area contributed by atoms with Crippen LogP contribution in [0.5, 0.6) is 0 Å². The average Bonchev–Trinajstić information content (AvgIpc) is 3.29. The molecule has 1 saturated heterocycles. The van der Waals surface area contributed by atoms with E-state index in [-0.39, 0.29) is 24.3 Å². The first-order chi connectivity index (χ1) is 12.8. The van der Waals surface area contributed by atoms with E-state index in [1.54, 1.807) is 19.2 Å². The summed E-state index contributed by atoms with van der Waals surface area (Å²) < 4.78 is 10.0. The average molecular weight is 392 g/mol. The van der Waals surface area contributed by atoms with Crippen LogP contribution < -0.4 is 0 Å². The van der Waals surface area contributed by atoms with Gasteiger partial charge < -0.3 is 14.2 Å². The molecule has 0 N–H and O–H groups in total. The van der Waals surface area contributed by atoms with Crippen LogP contribution in [0.3, 0.4) is 0 Å². The normalized spacial score (nSPS) is 17.8. The van der Waals surface area contributed by atoms with Gasteiger partial charge in [0.05, 0.1) is 12.5 Å². The predicted molar refractivity (Wildman–Crippen MR) is 99.3 cm³/mol. The third-order valence-electron chi connectivity index (χ3n) is 4.78. The summed E-state index contributed by atoms with van der Waals surface area (Å²) in [6, 6.07) is 0.230. The standard InChI is InChI=1S/C18H24N4O4S/c1-11-7-5-6-8-22(11)16(23)12-10-27-15(19-12)14-20-13(26-21-14)9-18(2,3)17(24)25-4/h10-11H,5-9H2,1-4H3. The van der Waals surface area contributed by atoms with Gasteiger partial charge in [-0.05, 0) is 40.0 Å². The molecule has 146 valence electrons. The molecular weight excluding hydrogens is 368 g/mol. The van der Waals surface area contributed by atoms with Crippen molar-refractivity contribution in [1.82, 2.24) is 20.0 Å². The number of methoxy groups -OCH3 is 1. The Balaban J connectivity index is 1.73. The van der Waals surface area contributed by atoms with Crippen molar-refractivity contribution in [3.05, 3.63) is 17.0 Å². The Hall–Kier alpha value is -2.29. The second-order valence-electron chi connectivity index (χ2n) is 7.45. The highest BCUT2D eigenvalue weighted by Gasteiger charge is 2.32. The topological polar surface area (TPSA) is 98.4 Å². The largest absolute Gasteiger partial charge is 0.469 e. The van der Waals surface area contributed by atoms with E-state index in [1.807, 2.05) is 4.90 Å². The third-order valence-corrected chi connectivity index (χ3v) is 5.62. The summed E-state index contributed by atoms with van der Waals surface area (Å²) in [6.07, 6.45) is 3.46. The first-order valence-corrected chi connectivity index (χ1v) is 9.87. The number of carbonyl (C=O) groups is 2. The van der Waals surface area contributed by atoms with Crippen molar-refractivity contribution >= 4 is 23.2 Å². The van der Waals surface area contributed by atoms with Gasteiger partial charge in [0.15, 0.2) is 5.01 Å². The molecule has 1 unspecified atom stereocenters. The van der Waals surface area contributed by atoms with Crippen molar-refractivity contribution in [2.45, 2.75) is 52.5 Å². The number of thiazole rings is 1. The highest BCUT2D eigenvalue weighted by atomic mass is 32.1. The number of hydrogen-bond donors (Lipinski definition) is 0. The summed E-state index contributed by atoms with van der Waals surface area (Å²) in [5, 5.41) is 6.19. The molecule has 0 aromatic carbocycles. The molecule has 1 atom stereocenters. The number of hydrogen-bond acceptors (Lipinski definition) is 8. The Morgan fingerprint density at radius 1 is 1.37 bits per heavy atom. The van der Waals surface area contributed by atoms with Crippen molar-refractivity contribution in [2.75, 3.05) is 13.7 Å². The van der Waals surface area contributed by atoms with Gasteiger partial charge >= 0.3 is 5.97 Å². The number of rotatable bonds is 5. The molecule has 2 aromatic heterocycles. The number of piperidine rings is 1. The molecule has 0 saturated carbocycles. The van der Waals surface area contributed by atoms with Crippen LogP contribution >= 0.6 is 11.3 Å². The molecule has 3 heterocycles. The van der Waals surface area contributed by atoms with Crippen LogP contribution in [0.1, 0.15) is 56.4 Å². The van der Waals surface area contributed by atoms with Crippen LogP contribution in [0.2, 0.25) is 0 Å². The minimum absolute atomic E-state index is 0.0553. The van der Waals surface area contributed by atoms with Gasteiger partial charge in [-0.3, -0.25) is 9.59 Å². The van der Waals surface area contributed by atoms with Crippen LogP contribution in [0.25, 0.3) is 10.8 Å². The van der Waals surface area contributed by atoms with Crippen LogP contribution in [-0.4, -0.2) is 51.6 Å². The molecule has 0 radical (unpaired) electrons. The van der Waals surface area contributed by atoms with E-state index in [2.05, 4.69) is 22.0 Å². The molecule has 1 amide bonds. The van der Waals surface area contributed by atoms with E-state index in [9.17, 15) is 9.59 Å². The molecule has 1 aliphatic heterocycles. The molecule has 2 aromatic rings. The molecule has 0 bridgehead atoms. The van der Waals surface area contributed by atoms with Crippen molar-refractivity contribution in [2.24, 2.45) is 5.41 Å². The number of carbonyl (C=O) groups excluding carboxylic acids is 2. The summed E-state index contributed by atoms with van der Waals surface area (Å²) in [5.74, 6) is 0.245. The number of esters is 1. The number of aromatic nitrogens is 3. The molecule has 3 rings (SSSR count). The zero-order valence-electron chi connectivity index (χ0n) is 16.0. The molecule has 27 heavy (non-hydrogen) atoms. The molecule has 0 aliphatic carbocycles. The Bertz CT molecular complexity index is 829. The van der Waals surface area contributed by atoms with E-state index in [1.165, 1.54) is 18.4 Å². The van der Waals surface area contributed by atoms with Crippen molar-refractivity contribution in [3.8, 4) is 10.8 Å². The van der Waals surface area contributed by atoms with Crippen LogP contribution in [-0.2, 0) is 16.0 Å². The maximum absolute atomic E-state index is 12.7. The Labute approximate surface area is 161 Å². The fourth-order valence-corrected chi connectivity index (χ4v) is 3.88. The lowest BCUT2D eigenvalue weighted by atomic mass is 9.89. The monoisotopic (exact) mass is 392 g/mol. The van der Waals surface area contributed by atoms with E-state index < -0.39 is 5.41 Å². The Morgan fingerprint density at radius 3 is 2.85 bits per heavy atom. The third kappa shape index (κ3) is 4.18. The van der Waals surface area contributed by atoms with Gasteiger partial charge in [-0.25, -0.2) is 4.98 Å². The first-order valence-electron chi connectivity index (χ1n) is 8.99. The van der Waals surface area contributed by atoms with Crippen molar-refractivity contribution in [3.63, 3.8) is 0 Å². The van der Waals surface area contributed by atoms with Crippen LogP contribution in [0, 0.1) is 5.41 Å². The van der Waals surface area contributed by atoms with Crippen molar-refractivity contribution < 1.29 is 18.8 Å². The summed E-state index contributed by atoms with van der Waals surface area (Å²) in [6.45, 7) is 6.34. The number of ether oxygens (including phenoxy) is 1. The minimum atomic E-state index is -0.771. The lowest BCUT2D eigenvalue weighted by Gasteiger charge is -2.32. The maximum Gasteiger partial charge on any atom is 0.311 e. The molecule has 8 nitrogen and oxygen atoms in total. The lowest BCUT2D eigenvalue weighted by Crippen LogP contribution is -2.42. The lowest BCUT2D eigenvalue weighted by molar-refractivity contribution is -0.150. The maximum atomic E-state index is 12.7. The van der Waals surface area contributed by atoms with Crippen LogP contribution in [0.15, 0.2) is 9.90 Å². The highest BCUT2D eigenvalue weighted by Crippen LogP contribution is 2.27. The quantitative estimate of drug-likeness (QED) is 0.721. The number of likely N-dealkylation sites (tertiary alicyclic amines) is 1. The number of amides is 1. The SMILES string of the molecule is COC(=O)C(C)(C)Cc1nc(-c2nc(C(=O)N3CCCCC3C)cs2)no1. The Morgan fingerprint density at radius 2 is 2.15 bits per heavy atom. The van der Waals surface area contributed by atoms with Gasteiger partial charge in [0.25, 0.3) is 5.91 Å². The Kier molecular flexibility index (Phi) is 5.59. The zero-order valence-corrected chi connectivity index (χ0v) is 16.8. The highest BCUT2D eigenvalue weighted by molar-refractivity contribution is 7.13.